The molecular weight excluding hydrogens is 418 g/mol. The third-order valence-corrected chi connectivity index (χ3v) is 5.98. The van der Waals surface area contributed by atoms with E-state index in [9.17, 15) is 9.90 Å². The minimum absolute atomic E-state index is 0.00875. The Morgan fingerprint density at radius 3 is 2.67 bits per heavy atom. The number of benzene rings is 2. The number of hydrogen-bond acceptors (Lipinski definition) is 6. The molecule has 5 rings (SSSR count). The molecule has 33 heavy (non-hydrogen) atoms. The van der Waals surface area contributed by atoms with Crippen molar-refractivity contribution >= 4 is 5.97 Å². The maximum Gasteiger partial charge on any atom is 0.341 e. The van der Waals surface area contributed by atoms with Crippen LogP contribution in [-0.4, -0.2) is 42.5 Å². The van der Waals surface area contributed by atoms with Gasteiger partial charge in [-0.1, -0.05) is 35.5 Å². The summed E-state index contributed by atoms with van der Waals surface area (Å²) >= 11 is 0. The lowest BCUT2D eigenvalue weighted by Gasteiger charge is -2.11. The molecule has 0 bridgehead atoms. The van der Waals surface area contributed by atoms with Gasteiger partial charge in [-0.15, -0.1) is 5.10 Å². The van der Waals surface area contributed by atoms with Crippen LogP contribution in [0.5, 0.6) is 0 Å². The van der Waals surface area contributed by atoms with Crippen LogP contribution in [0.25, 0.3) is 16.8 Å². The van der Waals surface area contributed by atoms with Crippen molar-refractivity contribution in [2.75, 3.05) is 6.61 Å². The van der Waals surface area contributed by atoms with Gasteiger partial charge >= 0.3 is 5.97 Å². The topological polar surface area (TPSA) is 95.1 Å². The molecule has 0 spiro atoms. The zero-order valence-electron chi connectivity index (χ0n) is 18.5. The molecule has 0 radical (unpaired) electrons. The predicted octanol–water partition coefficient (Wildman–Crippen LogP) is 3.61. The number of rotatable bonds is 7. The molecule has 2 heterocycles. The number of aliphatic hydroxyl groups is 1. The Morgan fingerprint density at radius 2 is 1.94 bits per heavy atom. The number of carbonyl (C=O) groups is 1. The third kappa shape index (κ3) is 4.05. The molecule has 8 heteroatoms. The fraction of sp³-hybridized carbons (Fsp3) is 0.280. The fourth-order valence-corrected chi connectivity index (χ4v) is 4.31. The number of aryl methyl sites for hydroxylation is 1. The zero-order valence-corrected chi connectivity index (χ0v) is 18.5. The summed E-state index contributed by atoms with van der Waals surface area (Å²) in [6.07, 6.45) is 4.39. The van der Waals surface area contributed by atoms with Crippen LogP contribution in [0.4, 0.5) is 0 Å². The van der Waals surface area contributed by atoms with Gasteiger partial charge in [0.05, 0.1) is 36.5 Å². The van der Waals surface area contributed by atoms with Gasteiger partial charge in [0.15, 0.2) is 0 Å². The highest BCUT2D eigenvalue weighted by Crippen LogP contribution is 2.55. The van der Waals surface area contributed by atoms with E-state index in [0.29, 0.717) is 12.2 Å². The average Bonchev–Trinajstić information content (AvgIpc) is 3.29. The number of aromatic nitrogens is 5. The first-order valence-electron chi connectivity index (χ1n) is 11.0. The normalized spacial score (nSPS) is 17.2. The third-order valence-electron chi connectivity index (χ3n) is 5.98. The monoisotopic (exact) mass is 443 g/mol. The van der Waals surface area contributed by atoms with Crippen molar-refractivity contribution in [3.8, 4) is 16.8 Å². The van der Waals surface area contributed by atoms with Crippen LogP contribution >= 0.6 is 0 Å². The standard InChI is InChI=1S/C25H25N5O3/c1-3-33-25(32)22-13-26-30(24(22)21-12-20(21)23-14-29(2)28-27-23)19-9-5-8-18(11-19)17-7-4-6-16(10-17)15-31/h4-11,13-14,20-21,31H,3,12,15H2,1-2H3/t20-,21?/m1/s1. The molecular formula is C25H25N5O3. The highest BCUT2D eigenvalue weighted by atomic mass is 16.5. The molecule has 0 saturated heterocycles. The Morgan fingerprint density at radius 1 is 1.15 bits per heavy atom. The van der Waals surface area contributed by atoms with Gasteiger partial charge in [0.2, 0.25) is 0 Å². The first-order chi connectivity index (χ1) is 16.1. The van der Waals surface area contributed by atoms with E-state index in [4.69, 9.17) is 4.74 Å². The Balaban J connectivity index is 1.55. The molecule has 1 aliphatic rings. The molecule has 168 valence electrons. The molecule has 1 unspecified atom stereocenters. The van der Waals surface area contributed by atoms with Crippen molar-refractivity contribution < 1.29 is 14.6 Å². The predicted molar refractivity (Wildman–Crippen MR) is 122 cm³/mol. The van der Waals surface area contributed by atoms with Crippen molar-refractivity contribution in [2.24, 2.45) is 7.05 Å². The van der Waals surface area contributed by atoms with Gasteiger partial charge in [-0.3, -0.25) is 4.68 Å². The van der Waals surface area contributed by atoms with Crippen molar-refractivity contribution in [1.29, 1.82) is 0 Å². The van der Waals surface area contributed by atoms with E-state index < -0.39 is 0 Å². The maximum absolute atomic E-state index is 12.7. The molecule has 4 aromatic rings. The van der Waals surface area contributed by atoms with Crippen molar-refractivity contribution in [3.05, 3.63) is 83.4 Å². The summed E-state index contributed by atoms with van der Waals surface area (Å²) in [5.74, 6) is -0.0768. The zero-order chi connectivity index (χ0) is 22.9. The lowest BCUT2D eigenvalue weighted by Crippen LogP contribution is -2.09. The summed E-state index contributed by atoms with van der Waals surface area (Å²) in [5, 5.41) is 22.4. The maximum atomic E-state index is 12.7. The van der Waals surface area contributed by atoms with Crippen molar-refractivity contribution in [3.63, 3.8) is 0 Å². The summed E-state index contributed by atoms with van der Waals surface area (Å²) in [7, 11) is 1.85. The molecule has 1 saturated carbocycles. The number of hydrogen-bond donors (Lipinski definition) is 1. The molecule has 1 fully saturated rings. The van der Waals surface area contributed by atoms with E-state index in [1.165, 1.54) is 0 Å². The number of esters is 1. The van der Waals surface area contributed by atoms with Gasteiger partial charge < -0.3 is 9.84 Å². The summed E-state index contributed by atoms with van der Waals surface area (Å²) < 4.78 is 8.84. The van der Waals surface area contributed by atoms with Gasteiger partial charge in [-0.2, -0.15) is 5.10 Å². The fourth-order valence-electron chi connectivity index (χ4n) is 4.31. The summed E-state index contributed by atoms with van der Waals surface area (Å²) in [6, 6.07) is 15.8. The highest BCUT2D eigenvalue weighted by Gasteiger charge is 2.46. The van der Waals surface area contributed by atoms with Crippen LogP contribution in [0.2, 0.25) is 0 Å². The number of nitrogens with zero attached hydrogens (tertiary/aromatic N) is 5. The van der Waals surface area contributed by atoms with Crippen molar-refractivity contribution in [1.82, 2.24) is 24.8 Å². The minimum atomic E-state index is -0.365. The first-order valence-corrected chi connectivity index (χ1v) is 11.0. The second kappa shape index (κ2) is 8.63. The van der Waals surface area contributed by atoms with Crippen LogP contribution < -0.4 is 0 Å². The molecule has 0 aliphatic heterocycles. The second-order valence-corrected chi connectivity index (χ2v) is 8.25. The average molecular weight is 444 g/mol. The van der Waals surface area contributed by atoms with Gasteiger partial charge in [0, 0.05) is 25.1 Å². The van der Waals surface area contributed by atoms with E-state index >= 15 is 0 Å². The van der Waals surface area contributed by atoms with Crippen LogP contribution in [0.15, 0.2) is 60.9 Å². The SMILES string of the molecule is CCOC(=O)c1cnn(-c2cccc(-c3cccc(CO)c3)c2)c1C1C[C@H]1c1cn(C)nn1. The minimum Gasteiger partial charge on any atom is -0.462 e. The van der Waals surface area contributed by atoms with E-state index in [2.05, 4.69) is 15.4 Å². The van der Waals surface area contributed by atoms with E-state index in [1.807, 2.05) is 66.5 Å². The molecule has 2 atom stereocenters. The van der Waals surface area contributed by atoms with Gasteiger partial charge in [0.1, 0.15) is 5.56 Å². The van der Waals surface area contributed by atoms with Gasteiger partial charge in [-0.05, 0) is 48.2 Å². The molecule has 0 amide bonds. The lowest BCUT2D eigenvalue weighted by molar-refractivity contribution is 0.0525. The van der Waals surface area contributed by atoms with Crippen LogP contribution in [0.3, 0.4) is 0 Å². The Bertz CT molecular complexity index is 1310. The van der Waals surface area contributed by atoms with Gasteiger partial charge in [0.25, 0.3) is 0 Å². The first kappa shape index (κ1) is 21.1. The number of aliphatic hydroxyl groups excluding tert-OH is 1. The van der Waals surface area contributed by atoms with Crippen LogP contribution in [-0.2, 0) is 18.4 Å². The summed E-state index contributed by atoms with van der Waals surface area (Å²) in [5.41, 5.74) is 5.96. The van der Waals surface area contributed by atoms with Crippen LogP contribution in [0, 0.1) is 0 Å². The molecule has 1 N–H and O–H groups in total. The van der Waals surface area contributed by atoms with E-state index in [0.717, 1.165) is 40.2 Å². The molecule has 1 aliphatic carbocycles. The summed E-state index contributed by atoms with van der Waals surface area (Å²) in [6.45, 7) is 2.09. The Kier molecular flexibility index (Phi) is 5.51. The van der Waals surface area contributed by atoms with Crippen molar-refractivity contribution in [2.45, 2.75) is 31.8 Å². The smallest absolute Gasteiger partial charge is 0.341 e. The quantitative estimate of drug-likeness (QED) is 0.439. The molecule has 8 nitrogen and oxygen atoms in total. The number of carbonyl (C=O) groups excluding carboxylic acids is 1. The lowest BCUT2D eigenvalue weighted by atomic mass is 10.0. The highest BCUT2D eigenvalue weighted by molar-refractivity contribution is 5.91. The Labute approximate surface area is 191 Å². The van der Waals surface area contributed by atoms with Crippen LogP contribution in [0.1, 0.15) is 52.5 Å². The van der Waals surface area contributed by atoms with Gasteiger partial charge in [-0.25, -0.2) is 9.48 Å². The molecule has 2 aromatic carbocycles. The number of ether oxygens (including phenoxy) is 1. The Hall–Kier alpha value is -3.78. The van der Waals surface area contributed by atoms with E-state index in [-0.39, 0.29) is 24.4 Å². The second-order valence-electron chi connectivity index (χ2n) is 8.25. The largest absolute Gasteiger partial charge is 0.462 e. The van der Waals surface area contributed by atoms with E-state index in [1.54, 1.807) is 17.8 Å². The summed E-state index contributed by atoms with van der Waals surface area (Å²) in [4.78, 5) is 12.7. The molecule has 2 aromatic heterocycles.